The van der Waals surface area contributed by atoms with Crippen molar-refractivity contribution >= 4 is 22.8 Å². The van der Waals surface area contributed by atoms with Crippen LogP contribution in [0.2, 0.25) is 0 Å². The minimum absolute atomic E-state index is 0.553. The number of nitrogens with zero attached hydrogens (tertiary/aromatic N) is 3. The summed E-state index contributed by atoms with van der Waals surface area (Å²) in [5.41, 5.74) is 2.98. The van der Waals surface area contributed by atoms with Gasteiger partial charge in [0.25, 0.3) is 0 Å². The number of rotatable bonds is 7. The lowest BCUT2D eigenvalue weighted by atomic mass is 10.2. The van der Waals surface area contributed by atoms with Crippen molar-refractivity contribution in [3.63, 3.8) is 0 Å². The van der Waals surface area contributed by atoms with Crippen LogP contribution in [0.25, 0.3) is 11.2 Å². The molecule has 5 heteroatoms. The van der Waals surface area contributed by atoms with E-state index >= 15 is 0 Å². The van der Waals surface area contributed by atoms with Crippen molar-refractivity contribution in [2.45, 2.75) is 33.7 Å². The second kappa shape index (κ2) is 7.04. The number of aryl methyl sites for hydroxylation is 2. The van der Waals surface area contributed by atoms with Crippen molar-refractivity contribution in [1.82, 2.24) is 14.5 Å². The van der Waals surface area contributed by atoms with Gasteiger partial charge in [0.2, 0.25) is 0 Å². The summed E-state index contributed by atoms with van der Waals surface area (Å²) < 4.78 is 7.79. The molecule has 0 saturated carbocycles. The van der Waals surface area contributed by atoms with E-state index in [9.17, 15) is 0 Å². The van der Waals surface area contributed by atoms with Gasteiger partial charge in [-0.25, -0.2) is 9.97 Å². The van der Waals surface area contributed by atoms with Gasteiger partial charge in [0, 0.05) is 31.6 Å². The maximum atomic E-state index is 5.86. The van der Waals surface area contributed by atoms with E-state index < -0.39 is 0 Å². The Balaban J connectivity index is 2.17. The van der Waals surface area contributed by atoms with E-state index in [0.717, 1.165) is 42.1 Å². The van der Waals surface area contributed by atoms with Gasteiger partial charge in [-0.05, 0) is 24.5 Å². The Kier molecular flexibility index (Phi) is 5.38. The van der Waals surface area contributed by atoms with Crippen LogP contribution in [-0.4, -0.2) is 33.6 Å². The van der Waals surface area contributed by atoms with Crippen molar-refractivity contribution in [2.24, 2.45) is 5.92 Å². The van der Waals surface area contributed by atoms with Crippen molar-refractivity contribution in [3.8, 4) is 0 Å². The molecule has 0 aliphatic carbocycles. The maximum Gasteiger partial charge on any atom is 0.160 e. The van der Waals surface area contributed by atoms with Gasteiger partial charge in [-0.15, -0.1) is 11.6 Å². The van der Waals surface area contributed by atoms with Gasteiger partial charge in [-0.3, -0.25) is 0 Å². The van der Waals surface area contributed by atoms with E-state index in [1.807, 2.05) is 13.1 Å². The summed E-state index contributed by atoms with van der Waals surface area (Å²) in [5, 5.41) is 0. The lowest BCUT2D eigenvalue weighted by Crippen LogP contribution is -2.12. The molecule has 0 atom stereocenters. The predicted octanol–water partition coefficient (Wildman–Crippen LogP) is 3.19. The van der Waals surface area contributed by atoms with Gasteiger partial charge in [-0.1, -0.05) is 13.8 Å². The molecule has 0 unspecified atom stereocenters. The summed E-state index contributed by atoms with van der Waals surface area (Å²) in [6.45, 7) is 8.55. The Labute approximate surface area is 125 Å². The van der Waals surface area contributed by atoms with E-state index in [1.165, 1.54) is 0 Å². The molecule has 0 N–H and O–H groups in total. The van der Waals surface area contributed by atoms with Gasteiger partial charge in [-0.2, -0.15) is 0 Å². The lowest BCUT2D eigenvalue weighted by molar-refractivity contribution is 0.103. The molecule has 2 aromatic heterocycles. The highest BCUT2D eigenvalue weighted by molar-refractivity contribution is 6.17. The molecule has 0 radical (unpaired) electrons. The first-order valence-corrected chi connectivity index (χ1v) is 7.60. The molecule has 0 aromatic carbocycles. The molecule has 0 aliphatic rings. The van der Waals surface area contributed by atoms with Crippen LogP contribution in [0.4, 0.5) is 0 Å². The minimum atomic E-state index is 0.553. The number of halogens is 1. The second-order valence-electron chi connectivity index (χ2n) is 5.44. The number of fused-ring (bicyclic) bond motifs is 1. The molecule has 2 aromatic rings. The minimum Gasteiger partial charge on any atom is -0.379 e. The fourth-order valence-corrected chi connectivity index (χ4v) is 2.31. The molecule has 0 bridgehead atoms. The quantitative estimate of drug-likeness (QED) is 0.582. The average molecular weight is 296 g/mol. The third kappa shape index (κ3) is 3.70. The van der Waals surface area contributed by atoms with E-state index in [0.29, 0.717) is 18.4 Å². The average Bonchev–Trinajstić information content (AvgIpc) is 2.72. The summed E-state index contributed by atoms with van der Waals surface area (Å²) in [5.74, 6) is 2.11. The summed E-state index contributed by atoms with van der Waals surface area (Å²) in [7, 11) is 0. The second-order valence-corrected chi connectivity index (χ2v) is 5.82. The first-order valence-electron chi connectivity index (χ1n) is 7.07. The van der Waals surface area contributed by atoms with Crippen LogP contribution in [0.5, 0.6) is 0 Å². The SMILES string of the molecule is Cc1cnc2c(c1)nc(CCCl)n2CCOCC(C)C. The van der Waals surface area contributed by atoms with E-state index in [-0.39, 0.29) is 0 Å². The highest BCUT2D eigenvalue weighted by Gasteiger charge is 2.11. The zero-order valence-corrected chi connectivity index (χ0v) is 13.2. The van der Waals surface area contributed by atoms with Crippen molar-refractivity contribution < 1.29 is 4.74 Å². The highest BCUT2D eigenvalue weighted by Crippen LogP contribution is 2.16. The normalized spacial score (nSPS) is 11.7. The van der Waals surface area contributed by atoms with Crippen LogP contribution in [0.15, 0.2) is 12.3 Å². The standard InChI is InChI=1S/C15H22ClN3O/c1-11(2)10-20-7-6-19-14(4-5-16)18-13-8-12(3)9-17-15(13)19/h8-9,11H,4-7,10H2,1-3H3. The zero-order chi connectivity index (χ0) is 14.5. The third-order valence-corrected chi connectivity index (χ3v) is 3.22. The summed E-state index contributed by atoms with van der Waals surface area (Å²) >= 11 is 5.86. The van der Waals surface area contributed by atoms with E-state index in [2.05, 4.69) is 34.4 Å². The molecule has 20 heavy (non-hydrogen) atoms. The molecule has 0 aliphatic heterocycles. The smallest absolute Gasteiger partial charge is 0.160 e. The van der Waals surface area contributed by atoms with Crippen molar-refractivity contribution in [1.29, 1.82) is 0 Å². The molecular formula is C15H22ClN3O. The Morgan fingerprint density at radius 3 is 2.90 bits per heavy atom. The number of hydrogen-bond acceptors (Lipinski definition) is 3. The van der Waals surface area contributed by atoms with Crippen LogP contribution >= 0.6 is 11.6 Å². The van der Waals surface area contributed by atoms with Crippen LogP contribution < -0.4 is 0 Å². The topological polar surface area (TPSA) is 39.9 Å². The zero-order valence-electron chi connectivity index (χ0n) is 12.4. The molecule has 2 heterocycles. The third-order valence-electron chi connectivity index (χ3n) is 3.03. The number of aromatic nitrogens is 3. The molecule has 0 fully saturated rings. The summed E-state index contributed by atoms with van der Waals surface area (Å²) in [6.07, 6.45) is 2.63. The number of pyridine rings is 1. The lowest BCUT2D eigenvalue weighted by Gasteiger charge is -2.10. The maximum absolute atomic E-state index is 5.86. The van der Waals surface area contributed by atoms with Crippen LogP contribution in [0.3, 0.4) is 0 Å². The fourth-order valence-electron chi connectivity index (χ4n) is 2.14. The van der Waals surface area contributed by atoms with Gasteiger partial charge in [0.05, 0.1) is 6.61 Å². The van der Waals surface area contributed by atoms with Crippen molar-refractivity contribution in [3.05, 3.63) is 23.7 Å². The molecule has 0 amide bonds. The fraction of sp³-hybridized carbons (Fsp3) is 0.600. The van der Waals surface area contributed by atoms with Gasteiger partial charge in [0.1, 0.15) is 11.3 Å². The monoisotopic (exact) mass is 295 g/mol. The largest absolute Gasteiger partial charge is 0.379 e. The number of imidazole rings is 1. The molecule has 4 nitrogen and oxygen atoms in total. The van der Waals surface area contributed by atoms with Crippen LogP contribution in [0.1, 0.15) is 25.2 Å². The Hall–Kier alpha value is -1.13. The molecule has 2 rings (SSSR count). The first kappa shape index (κ1) is 15.3. The predicted molar refractivity (Wildman–Crippen MR) is 82.3 cm³/mol. The van der Waals surface area contributed by atoms with Gasteiger partial charge < -0.3 is 9.30 Å². The molecule has 0 saturated heterocycles. The molecule has 0 spiro atoms. The highest BCUT2D eigenvalue weighted by atomic mass is 35.5. The van der Waals surface area contributed by atoms with Gasteiger partial charge >= 0.3 is 0 Å². The molecular weight excluding hydrogens is 274 g/mol. The van der Waals surface area contributed by atoms with E-state index in [4.69, 9.17) is 16.3 Å². The molecule has 110 valence electrons. The van der Waals surface area contributed by atoms with Crippen LogP contribution in [0, 0.1) is 12.8 Å². The number of alkyl halides is 1. The van der Waals surface area contributed by atoms with Crippen molar-refractivity contribution in [2.75, 3.05) is 19.1 Å². The first-order chi connectivity index (χ1) is 9.61. The Morgan fingerprint density at radius 2 is 2.20 bits per heavy atom. The van der Waals surface area contributed by atoms with Gasteiger partial charge in [0.15, 0.2) is 5.65 Å². The summed E-state index contributed by atoms with van der Waals surface area (Å²) in [4.78, 5) is 9.14. The van der Waals surface area contributed by atoms with E-state index in [1.54, 1.807) is 0 Å². The number of hydrogen-bond donors (Lipinski definition) is 0. The number of ether oxygens (including phenoxy) is 1. The van der Waals surface area contributed by atoms with Crippen LogP contribution in [-0.2, 0) is 17.7 Å². The summed E-state index contributed by atoms with van der Waals surface area (Å²) in [6, 6.07) is 2.06. The Morgan fingerprint density at radius 1 is 1.40 bits per heavy atom. The Bertz CT molecular complexity index is 565.